The Bertz CT molecular complexity index is 408. The number of aromatic nitrogens is 1. The number of hydrogen-bond acceptors (Lipinski definition) is 4. The van der Waals surface area contributed by atoms with E-state index in [4.69, 9.17) is 10.5 Å². The van der Waals surface area contributed by atoms with Crippen molar-refractivity contribution in [2.45, 2.75) is 31.4 Å². The molecular formula is C12H17N3O2. The van der Waals surface area contributed by atoms with Gasteiger partial charge in [0.05, 0.1) is 11.8 Å². The zero-order valence-corrected chi connectivity index (χ0v) is 9.85. The molecule has 0 aromatic carbocycles. The van der Waals surface area contributed by atoms with Crippen LogP contribution in [0.4, 0.5) is 5.69 Å². The number of hydrogen-bond donors (Lipinski definition) is 2. The number of nitrogens with two attached hydrogens (primary N) is 1. The Balaban J connectivity index is 1.96. The first-order valence-electron chi connectivity index (χ1n) is 5.75. The molecule has 2 atom stereocenters. The number of amides is 1. The summed E-state index contributed by atoms with van der Waals surface area (Å²) in [5.41, 5.74) is 6.41. The van der Waals surface area contributed by atoms with Crippen LogP contribution in [0, 0.1) is 0 Å². The van der Waals surface area contributed by atoms with E-state index in [9.17, 15) is 4.79 Å². The lowest BCUT2D eigenvalue weighted by Gasteiger charge is -2.13. The normalized spacial score (nSPS) is 23.6. The minimum atomic E-state index is -0.204. The Morgan fingerprint density at radius 3 is 3.06 bits per heavy atom. The highest BCUT2D eigenvalue weighted by molar-refractivity contribution is 5.97. The van der Waals surface area contributed by atoms with Crippen LogP contribution in [0.25, 0.3) is 0 Å². The fraction of sp³-hybridized carbons (Fsp3) is 0.500. The van der Waals surface area contributed by atoms with Crippen LogP contribution >= 0.6 is 0 Å². The number of nitrogens with zero attached hydrogens (tertiary/aromatic N) is 1. The second-order valence-corrected chi connectivity index (χ2v) is 4.28. The molecule has 0 spiro atoms. The smallest absolute Gasteiger partial charge is 0.272 e. The summed E-state index contributed by atoms with van der Waals surface area (Å²) in [6, 6.07) is 3.55. The molecule has 92 valence electrons. The fourth-order valence-corrected chi connectivity index (χ4v) is 2.15. The lowest BCUT2D eigenvalue weighted by molar-refractivity contribution is 0.0911. The quantitative estimate of drug-likeness (QED) is 0.818. The van der Waals surface area contributed by atoms with E-state index in [1.54, 1.807) is 25.4 Å². The third-order valence-electron chi connectivity index (χ3n) is 3.11. The van der Waals surface area contributed by atoms with Crippen LogP contribution in [0.5, 0.6) is 0 Å². The third-order valence-corrected chi connectivity index (χ3v) is 3.11. The molecule has 5 nitrogen and oxygen atoms in total. The number of rotatable bonds is 3. The van der Waals surface area contributed by atoms with Crippen LogP contribution < -0.4 is 11.1 Å². The monoisotopic (exact) mass is 235 g/mol. The number of carbonyl (C=O) groups is 1. The van der Waals surface area contributed by atoms with E-state index in [2.05, 4.69) is 10.3 Å². The molecule has 1 aliphatic rings. The second kappa shape index (κ2) is 5.14. The summed E-state index contributed by atoms with van der Waals surface area (Å²) in [6.45, 7) is 0. The van der Waals surface area contributed by atoms with Crippen molar-refractivity contribution in [3.8, 4) is 0 Å². The Morgan fingerprint density at radius 2 is 2.41 bits per heavy atom. The molecule has 3 N–H and O–H groups in total. The number of carbonyl (C=O) groups excluding carboxylic acids is 1. The molecule has 0 aliphatic heterocycles. The molecule has 1 amide bonds. The maximum Gasteiger partial charge on any atom is 0.272 e. The molecule has 1 aromatic heterocycles. The number of pyridine rings is 1. The molecule has 17 heavy (non-hydrogen) atoms. The van der Waals surface area contributed by atoms with Gasteiger partial charge in [-0.15, -0.1) is 0 Å². The average Bonchev–Trinajstić information content (AvgIpc) is 2.77. The Hall–Kier alpha value is -1.62. The second-order valence-electron chi connectivity index (χ2n) is 4.28. The molecular weight excluding hydrogens is 218 g/mol. The van der Waals surface area contributed by atoms with E-state index in [1.807, 2.05) is 0 Å². The first-order chi connectivity index (χ1) is 8.20. The Morgan fingerprint density at radius 1 is 1.59 bits per heavy atom. The van der Waals surface area contributed by atoms with Gasteiger partial charge in [0, 0.05) is 19.3 Å². The minimum Gasteiger partial charge on any atom is -0.397 e. The van der Waals surface area contributed by atoms with Gasteiger partial charge in [0.2, 0.25) is 0 Å². The summed E-state index contributed by atoms with van der Waals surface area (Å²) < 4.78 is 5.26. The SMILES string of the molecule is COC1CCC(NC(=O)c2ncccc2N)C1. The van der Waals surface area contributed by atoms with Gasteiger partial charge in [0.25, 0.3) is 5.91 Å². The number of nitrogens with one attached hydrogen (secondary N) is 1. The number of ether oxygens (including phenoxy) is 1. The van der Waals surface area contributed by atoms with Crippen LogP contribution in [0.3, 0.4) is 0 Å². The van der Waals surface area contributed by atoms with E-state index in [0.29, 0.717) is 11.4 Å². The highest BCUT2D eigenvalue weighted by atomic mass is 16.5. The number of methoxy groups -OCH3 is 1. The molecule has 0 radical (unpaired) electrons. The van der Waals surface area contributed by atoms with Crippen molar-refractivity contribution in [2.75, 3.05) is 12.8 Å². The lowest BCUT2D eigenvalue weighted by atomic mass is 10.2. The largest absolute Gasteiger partial charge is 0.397 e. The number of anilines is 1. The van der Waals surface area contributed by atoms with E-state index < -0.39 is 0 Å². The molecule has 0 bridgehead atoms. The molecule has 2 unspecified atom stereocenters. The van der Waals surface area contributed by atoms with E-state index in [1.165, 1.54) is 0 Å². The van der Waals surface area contributed by atoms with Crippen LogP contribution in [0.15, 0.2) is 18.3 Å². The van der Waals surface area contributed by atoms with Gasteiger partial charge in [-0.2, -0.15) is 0 Å². The van der Waals surface area contributed by atoms with Crippen molar-refractivity contribution < 1.29 is 9.53 Å². The Labute approximate surface area is 100 Å². The van der Waals surface area contributed by atoms with Crippen molar-refractivity contribution in [1.29, 1.82) is 0 Å². The van der Waals surface area contributed by atoms with Crippen LogP contribution in [-0.2, 0) is 4.74 Å². The van der Waals surface area contributed by atoms with E-state index >= 15 is 0 Å². The molecule has 5 heteroatoms. The highest BCUT2D eigenvalue weighted by Crippen LogP contribution is 2.21. The van der Waals surface area contributed by atoms with E-state index in [-0.39, 0.29) is 18.1 Å². The topological polar surface area (TPSA) is 77.2 Å². The zero-order valence-electron chi connectivity index (χ0n) is 9.85. The van der Waals surface area contributed by atoms with Crippen LogP contribution in [0.1, 0.15) is 29.8 Å². The maximum atomic E-state index is 11.9. The van der Waals surface area contributed by atoms with Gasteiger partial charge in [-0.05, 0) is 31.4 Å². The van der Waals surface area contributed by atoms with Crippen molar-refractivity contribution >= 4 is 11.6 Å². The zero-order chi connectivity index (χ0) is 12.3. The van der Waals surface area contributed by atoms with Crippen molar-refractivity contribution in [3.63, 3.8) is 0 Å². The minimum absolute atomic E-state index is 0.161. The first kappa shape index (κ1) is 11.9. The van der Waals surface area contributed by atoms with Gasteiger partial charge >= 0.3 is 0 Å². The molecule has 1 aromatic rings. The maximum absolute atomic E-state index is 11.9. The summed E-state index contributed by atoms with van der Waals surface area (Å²) >= 11 is 0. The van der Waals surface area contributed by atoms with Crippen LogP contribution in [-0.4, -0.2) is 30.1 Å². The molecule has 1 heterocycles. The van der Waals surface area contributed by atoms with Crippen LogP contribution in [0.2, 0.25) is 0 Å². The predicted molar refractivity (Wildman–Crippen MR) is 64.6 cm³/mol. The first-order valence-corrected chi connectivity index (χ1v) is 5.75. The van der Waals surface area contributed by atoms with Crippen molar-refractivity contribution in [3.05, 3.63) is 24.0 Å². The lowest BCUT2D eigenvalue weighted by Crippen LogP contribution is -2.34. The molecule has 0 saturated heterocycles. The summed E-state index contributed by atoms with van der Waals surface area (Å²) in [6.07, 6.45) is 4.60. The average molecular weight is 235 g/mol. The van der Waals surface area contributed by atoms with E-state index in [0.717, 1.165) is 19.3 Å². The molecule has 1 saturated carbocycles. The fourth-order valence-electron chi connectivity index (χ4n) is 2.15. The van der Waals surface area contributed by atoms with Crippen molar-refractivity contribution in [1.82, 2.24) is 10.3 Å². The summed E-state index contributed by atoms with van der Waals surface area (Å²) in [7, 11) is 1.70. The predicted octanol–water partition coefficient (Wildman–Crippen LogP) is 0.961. The number of nitrogen functional groups attached to an aromatic ring is 1. The molecule has 2 rings (SSSR count). The summed E-state index contributed by atoms with van der Waals surface area (Å²) in [5.74, 6) is -0.204. The molecule has 1 aliphatic carbocycles. The van der Waals surface area contributed by atoms with Gasteiger partial charge in [-0.3, -0.25) is 4.79 Å². The van der Waals surface area contributed by atoms with Crippen molar-refractivity contribution in [2.24, 2.45) is 0 Å². The highest BCUT2D eigenvalue weighted by Gasteiger charge is 2.26. The molecule has 1 fully saturated rings. The van der Waals surface area contributed by atoms with Gasteiger partial charge in [0.15, 0.2) is 5.69 Å². The summed E-state index contributed by atoms with van der Waals surface area (Å²) in [4.78, 5) is 15.9. The summed E-state index contributed by atoms with van der Waals surface area (Å²) in [5, 5.41) is 2.94. The standard InChI is InChI=1S/C12H17N3O2/c1-17-9-5-4-8(7-9)15-12(16)11-10(13)3-2-6-14-11/h2-3,6,8-9H,4-5,7,13H2,1H3,(H,15,16). The van der Waals surface area contributed by atoms with Gasteiger partial charge in [-0.25, -0.2) is 4.98 Å². The third kappa shape index (κ3) is 2.74. The van der Waals surface area contributed by atoms with Gasteiger partial charge in [0.1, 0.15) is 0 Å². The van der Waals surface area contributed by atoms with Gasteiger partial charge < -0.3 is 15.8 Å². The van der Waals surface area contributed by atoms with Gasteiger partial charge in [-0.1, -0.05) is 0 Å². The Kier molecular flexibility index (Phi) is 3.58.